The average Bonchev–Trinajstić information content (AvgIpc) is 2.79. The monoisotopic (exact) mass is 238 g/mol. The molecule has 2 saturated carbocycles. The van der Waals surface area contributed by atoms with Gasteiger partial charge in [0.15, 0.2) is 0 Å². The van der Waals surface area contributed by atoms with Crippen LogP contribution in [0.3, 0.4) is 0 Å². The van der Waals surface area contributed by atoms with Crippen LogP contribution >= 0.6 is 0 Å². The summed E-state index contributed by atoms with van der Waals surface area (Å²) in [5.74, 6) is 0.865. The lowest BCUT2D eigenvalue weighted by atomic mass is 9.86. The van der Waals surface area contributed by atoms with E-state index in [0.717, 1.165) is 19.3 Å². The Balaban J connectivity index is 1.79. The Bertz CT molecular complexity index is 253. The fourth-order valence-corrected chi connectivity index (χ4v) is 3.43. The molecule has 0 saturated heterocycles. The minimum atomic E-state index is -0.0637. The van der Waals surface area contributed by atoms with Gasteiger partial charge in [0.2, 0.25) is 5.91 Å². The molecule has 0 aromatic heterocycles. The van der Waals surface area contributed by atoms with Gasteiger partial charge in [-0.15, -0.1) is 0 Å². The van der Waals surface area contributed by atoms with Crippen LogP contribution in [0.1, 0.15) is 64.2 Å². The van der Waals surface area contributed by atoms with E-state index in [0.29, 0.717) is 12.5 Å². The van der Waals surface area contributed by atoms with Gasteiger partial charge < -0.3 is 11.1 Å². The quantitative estimate of drug-likeness (QED) is 0.790. The Hall–Kier alpha value is -0.570. The van der Waals surface area contributed by atoms with Crippen molar-refractivity contribution in [3.8, 4) is 0 Å². The summed E-state index contributed by atoms with van der Waals surface area (Å²) >= 11 is 0. The summed E-state index contributed by atoms with van der Waals surface area (Å²) in [5, 5.41) is 3.23. The van der Waals surface area contributed by atoms with Crippen molar-refractivity contribution < 1.29 is 4.79 Å². The second-order valence-electron chi connectivity index (χ2n) is 5.95. The Morgan fingerprint density at radius 2 is 1.76 bits per heavy atom. The van der Waals surface area contributed by atoms with Gasteiger partial charge in [0.25, 0.3) is 0 Å². The lowest BCUT2D eigenvalue weighted by Gasteiger charge is -2.30. The highest BCUT2D eigenvalue weighted by Crippen LogP contribution is 2.30. The summed E-state index contributed by atoms with van der Waals surface area (Å²) in [4.78, 5) is 12.1. The summed E-state index contributed by atoms with van der Waals surface area (Å²) in [6.45, 7) is 0.601. The molecule has 17 heavy (non-hydrogen) atoms. The lowest BCUT2D eigenvalue weighted by molar-refractivity contribution is -0.124. The average molecular weight is 238 g/mol. The Labute approximate surface area is 105 Å². The largest absolute Gasteiger partial charge is 0.349 e. The van der Waals surface area contributed by atoms with Gasteiger partial charge in [0.1, 0.15) is 0 Å². The molecule has 0 atom stereocenters. The number of hydrogen-bond acceptors (Lipinski definition) is 2. The molecule has 3 heteroatoms. The van der Waals surface area contributed by atoms with Gasteiger partial charge in [-0.1, -0.05) is 32.1 Å². The Morgan fingerprint density at radius 1 is 1.12 bits per heavy atom. The third-order valence-electron chi connectivity index (χ3n) is 4.55. The van der Waals surface area contributed by atoms with E-state index in [9.17, 15) is 4.79 Å². The van der Waals surface area contributed by atoms with Gasteiger partial charge in [-0.05, 0) is 31.6 Å². The van der Waals surface area contributed by atoms with Crippen LogP contribution in [0, 0.1) is 5.92 Å². The molecule has 2 aliphatic carbocycles. The van der Waals surface area contributed by atoms with Crippen LogP contribution in [-0.2, 0) is 4.79 Å². The second-order valence-corrected chi connectivity index (χ2v) is 5.95. The molecule has 0 radical (unpaired) electrons. The van der Waals surface area contributed by atoms with Crippen molar-refractivity contribution in [2.45, 2.75) is 69.7 Å². The molecule has 0 aromatic rings. The first-order valence-electron chi connectivity index (χ1n) is 7.25. The maximum absolute atomic E-state index is 12.1. The van der Waals surface area contributed by atoms with Crippen LogP contribution < -0.4 is 11.1 Å². The number of carbonyl (C=O) groups excluding carboxylic acids is 1. The summed E-state index contributed by atoms with van der Waals surface area (Å²) in [6, 6.07) is 0. The van der Waals surface area contributed by atoms with E-state index in [-0.39, 0.29) is 11.4 Å². The molecule has 3 N–H and O–H groups in total. The zero-order valence-corrected chi connectivity index (χ0v) is 10.8. The lowest BCUT2D eigenvalue weighted by Crippen LogP contribution is -2.52. The topological polar surface area (TPSA) is 55.1 Å². The molecule has 0 aromatic carbocycles. The SMILES string of the molecule is NCC1(NC(=O)CC2CCCCC2)CCCC1. The summed E-state index contributed by atoms with van der Waals surface area (Å²) < 4.78 is 0. The molecular weight excluding hydrogens is 212 g/mol. The molecule has 2 fully saturated rings. The van der Waals surface area contributed by atoms with Crippen LogP contribution in [0.2, 0.25) is 0 Å². The number of hydrogen-bond donors (Lipinski definition) is 2. The summed E-state index contributed by atoms with van der Waals surface area (Å²) in [5.41, 5.74) is 5.77. The predicted molar refractivity (Wildman–Crippen MR) is 69.6 cm³/mol. The molecule has 0 unspecified atom stereocenters. The first-order valence-corrected chi connectivity index (χ1v) is 7.25. The van der Waals surface area contributed by atoms with Crippen LogP contribution in [0.5, 0.6) is 0 Å². The molecule has 3 nitrogen and oxygen atoms in total. The van der Waals surface area contributed by atoms with Crippen LogP contribution in [0.4, 0.5) is 0 Å². The number of rotatable bonds is 4. The molecule has 0 bridgehead atoms. The van der Waals surface area contributed by atoms with Crippen molar-refractivity contribution in [3.63, 3.8) is 0 Å². The van der Waals surface area contributed by atoms with Gasteiger partial charge in [-0.3, -0.25) is 4.79 Å². The number of carbonyl (C=O) groups is 1. The Morgan fingerprint density at radius 3 is 2.35 bits per heavy atom. The zero-order valence-electron chi connectivity index (χ0n) is 10.8. The van der Waals surface area contributed by atoms with E-state index in [2.05, 4.69) is 5.32 Å². The first kappa shape index (κ1) is 12.9. The molecule has 2 aliphatic rings. The van der Waals surface area contributed by atoms with Crippen molar-refractivity contribution in [3.05, 3.63) is 0 Å². The molecule has 98 valence electrons. The predicted octanol–water partition coefficient (Wildman–Crippen LogP) is 2.34. The highest BCUT2D eigenvalue weighted by molar-refractivity contribution is 5.77. The van der Waals surface area contributed by atoms with Crippen LogP contribution in [0.25, 0.3) is 0 Å². The van der Waals surface area contributed by atoms with E-state index >= 15 is 0 Å². The third-order valence-corrected chi connectivity index (χ3v) is 4.55. The van der Waals surface area contributed by atoms with Crippen molar-refractivity contribution in [2.75, 3.05) is 6.54 Å². The minimum Gasteiger partial charge on any atom is -0.349 e. The van der Waals surface area contributed by atoms with Gasteiger partial charge >= 0.3 is 0 Å². The van der Waals surface area contributed by atoms with Gasteiger partial charge in [0.05, 0.1) is 5.54 Å². The molecule has 1 amide bonds. The zero-order chi connectivity index (χ0) is 12.1. The standard InChI is InChI=1S/C14H26N2O/c15-11-14(8-4-5-9-14)16-13(17)10-12-6-2-1-3-7-12/h12H,1-11,15H2,(H,16,17). The summed E-state index contributed by atoms with van der Waals surface area (Å²) in [6.07, 6.45) is 11.7. The molecule has 0 spiro atoms. The van der Waals surface area contributed by atoms with Crippen molar-refractivity contribution in [1.82, 2.24) is 5.32 Å². The van der Waals surface area contributed by atoms with Gasteiger partial charge in [-0.2, -0.15) is 0 Å². The first-order chi connectivity index (χ1) is 8.24. The van der Waals surface area contributed by atoms with Crippen LogP contribution in [-0.4, -0.2) is 18.0 Å². The van der Waals surface area contributed by atoms with E-state index in [1.165, 1.54) is 44.9 Å². The minimum absolute atomic E-state index is 0.0637. The van der Waals surface area contributed by atoms with E-state index < -0.39 is 0 Å². The van der Waals surface area contributed by atoms with Crippen molar-refractivity contribution in [2.24, 2.45) is 11.7 Å². The fraction of sp³-hybridized carbons (Fsp3) is 0.929. The number of amides is 1. The Kier molecular flexibility index (Phi) is 4.43. The highest BCUT2D eigenvalue weighted by atomic mass is 16.1. The smallest absolute Gasteiger partial charge is 0.220 e. The van der Waals surface area contributed by atoms with Crippen LogP contribution in [0.15, 0.2) is 0 Å². The fourth-order valence-electron chi connectivity index (χ4n) is 3.43. The maximum Gasteiger partial charge on any atom is 0.220 e. The highest BCUT2D eigenvalue weighted by Gasteiger charge is 2.34. The van der Waals surface area contributed by atoms with E-state index in [1.54, 1.807) is 0 Å². The normalized spacial score (nSPS) is 24.8. The summed E-state index contributed by atoms with van der Waals surface area (Å²) in [7, 11) is 0. The molecular formula is C14H26N2O. The van der Waals surface area contributed by atoms with Gasteiger partial charge in [-0.25, -0.2) is 0 Å². The van der Waals surface area contributed by atoms with E-state index in [1.807, 2.05) is 0 Å². The van der Waals surface area contributed by atoms with Crippen molar-refractivity contribution >= 4 is 5.91 Å². The van der Waals surface area contributed by atoms with Crippen molar-refractivity contribution in [1.29, 1.82) is 0 Å². The number of nitrogens with two attached hydrogens (primary N) is 1. The van der Waals surface area contributed by atoms with Gasteiger partial charge in [0, 0.05) is 13.0 Å². The van der Waals surface area contributed by atoms with E-state index in [4.69, 9.17) is 5.73 Å². The maximum atomic E-state index is 12.1. The molecule has 2 rings (SSSR count). The molecule has 0 heterocycles. The number of nitrogens with one attached hydrogen (secondary N) is 1. The second kappa shape index (κ2) is 5.85. The third kappa shape index (κ3) is 3.44. The molecule has 0 aliphatic heterocycles.